The maximum atomic E-state index is 12.8. The van der Waals surface area contributed by atoms with Crippen molar-refractivity contribution in [3.05, 3.63) is 11.1 Å². The van der Waals surface area contributed by atoms with Crippen molar-refractivity contribution in [3.8, 4) is 0 Å². The van der Waals surface area contributed by atoms with Gasteiger partial charge in [-0.3, -0.25) is 23.7 Å². The van der Waals surface area contributed by atoms with Crippen molar-refractivity contribution in [2.45, 2.75) is 18.3 Å². The molecule has 1 aliphatic heterocycles. The number of thioether (sulfide) groups is 1. The van der Waals surface area contributed by atoms with E-state index in [1.807, 2.05) is 0 Å². The molecule has 4 N–H and O–H groups in total. The molecule has 1 aliphatic rings. The van der Waals surface area contributed by atoms with Crippen LogP contribution < -0.4 is 45.5 Å². The fraction of sp³-hybridized carbons (Fsp3) is 0.467. The van der Waals surface area contributed by atoms with Crippen LogP contribution in [-0.4, -0.2) is 88.3 Å². The summed E-state index contributed by atoms with van der Waals surface area (Å²) in [7, 11) is -3.70. The second kappa shape index (κ2) is 13.6. The fourth-order valence-corrected chi connectivity index (χ4v) is 5.57. The molecule has 0 saturated carbocycles. The summed E-state index contributed by atoms with van der Waals surface area (Å²) in [5.41, 5.74) is -0.335. The number of amides is 4. The Hall–Kier alpha value is -1.47. The van der Waals surface area contributed by atoms with Crippen molar-refractivity contribution in [2.75, 3.05) is 30.6 Å². The Morgan fingerprint density at radius 1 is 1.44 bits per heavy atom. The topological polar surface area (TPSA) is 196 Å². The summed E-state index contributed by atoms with van der Waals surface area (Å²) in [5.74, 6) is -2.92. The monoisotopic (exact) mass is 566 g/mol. The first kappa shape index (κ1) is 30.6. The molecule has 2 atom stereocenters. The van der Waals surface area contributed by atoms with Crippen LogP contribution in [0.5, 0.6) is 0 Å². The zero-order valence-corrected chi connectivity index (χ0v) is 23.3. The normalized spacial score (nSPS) is 17.8. The number of carbonyl (C=O) groups excluding carboxylic acids is 4. The first-order chi connectivity index (χ1) is 15.5. The molecule has 2 rings (SSSR count). The minimum Gasteiger partial charge on any atom is -1.00 e. The maximum Gasteiger partial charge on any atom is 1.00 e. The minimum absolute atomic E-state index is 0. The molecule has 1 aromatic rings. The smallest absolute Gasteiger partial charge is 1.00 e. The third-order valence-corrected chi connectivity index (χ3v) is 7.11. The zero-order valence-electron chi connectivity index (χ0n) is 19.1. The van der Waals surface area contributed by atoms with E-state index in [0.29, 0.717) is 0 Å². The molecule has 1 fully saturated rings. The summed E-state index contributed by atoms with van der Waals surface area (Å²) < 4.78 is 32.7. The van der Waals surface area contributed by atoms with Crippen molar-refractivity contribution < 1.29 is 68.0 Å². The van der Waals surface area contributed by atoms with Gasteiger partial charge in [0.05, 0.1) is 0 Å². The summed E-state index contributed by atoms with van der Waals surface area (Å²) >= 11 is 7.32. The summed E-state index contributed by atoms with van der Waals surface area (Å²) in [6, 6.07) is -1.32. The van der Waals surface area contributed by atoms with E-state index in [0.717, 1.165) is 23.1 Å². The number of β-lactam (4-membered cyclic amide) rings is 1. The number of aromatic nitrogens is 1. The third kappa shape index (κ3) is 8.04. The maximum absolute atomic E-state index is 12.8. The number of nitrogens with one attached hydrogen (secondary N) is 3. The van der Waals surface area contributed by atoms with Gasteiger partial charge in [-0.2, -0.15) is 12.7 Å². The van der Waals surface area contributed by atoms with Crippen LogP contribution in [-0.2, 0) is 34.3 Å². The van der Waals surface area contributed by atoms with Crippen molar-refractivity contribution in [3.63, 3.8) is 0 Å². The molecule has 0 aromatic carbocycles. The number of alkyl halides is 1. The largest absolute Gasteiger partial charge is 1.00 e. The van der Waals surface area contributed by atoms with E-state index in [1.54, 1.807) is 0 Å². The molecule has 0 unspecified atom stereocenters. The molecule has 2 heterocycles. The van der Waals surface area contributed by atoms with Gasteiger partial charge in [-0.15, -0.1) is 34.7 Å². The Labute approximate surface area is 231 Å². The van der Waals surface area contributed by atoms with E-state index in [-0.39, 0.29) is 75.9 Å². The number of nitrogens with zero attached hydrogens (tertiary/aromatic N) is 3. The SMILES string of the molecule is CON=C(C(=O)N[C@@H]1C(=O)N(S(=O)(=O)O)[C@H]1SCCNC(C)=O)c1csc(NC(=O)CCl)n1.[H-].[Na+]. The van der Waals surface area contributed by atoms with Crippen molar-refractivity contribution in [1.29, 1.82) is 0 Å². The van der Waals surface area contributed by atoms with Gasteiger partial charge in [-0.25, -0.2) is 4.98 Å². The Morgan fingerprint density at radius 3 is 2.68 bits per heavy atom. The number of hydrogen-bond acceptors (Lipinski definition) is 11. The first-order valence-electron chi connectivity index (χ1n) is 8.90. The molecule has 0 bridgehead atoms. The van der Waals surface area contributed by atoms with E-state index in [2.05, 4.69) is 30.9 Å². The van der Waals surface area contributed by atoms with Gasteiger partial charge >= 0.3 is 39.9 Å². The molecule has 14 nitrogen and oxygen atoms in total. The summed E-state index contributed by atoms with van der Waals surface area (Å²) in [5, 5.41) is 11.2. The number of hydrogen-bond donors (Lipinski definition) is 4. The number of oxime groups is 1. The minimum atomic E-state index is -4.87. The molecule has 1 saturated heterocycles. The van der Waals surface area contributed by atoms with E-state index >= 15 is 0 Å². The average molecular weight is 567 g/mol. The van der Waals surface area contributed by atoms with Gasteiger partial charge < -0.3 is 22.2 Å². The number of carbonyl (C=O) groups is 4. The van der Waals surface area contributed by atoms with Gasteiger partial charge in [-0.1, -0.05) is 5.16 Å². The quantitative estimate of drug-likeness (QED) is 0.0391. The Balaban J connectivity index is 0.00000578. The van der Waals surface area contributed by atoms with E-state index in [4.69, 9.17) is 11.6 Å². The van der Waals surface area contributed by atoms with Gasteiger partial charge in [0.25, 0.3) is 11.8 Å². The van der Waals surface area contributed by atoms with Gasteiger partial charge in [0.2, 0.25) is 11.8 Å². The predicted octanol–water partition coefficient (Wildman–Crippen LogP) is -3.89. The number of rotatable bonds is 11. The zero-order chi connectivity index (χ0) is 24.8. The van der Waals surface area contributed by atoms with E-state index in [9.17, 15) is 32.1 Å². The van der Waals surface area contributed by atoms with Crippen LogP contribution in [0.1, 0.15) is 14.0 Å². The second-order valence-electron chi connectivity index (χ2n) is 6.15. The average Bonchev–Trinajstić information content (AvgIpc) is 3.18. The molecule has 0 spiro atoms. The molecular weight excluding hydrogens is 547 g/mol. The van der Waals surface area contributed by atoms with Crippen LogP contribution in [0.2, 0.25) is 0 Å². The van der Waals surface area contributed by atoms with E-state index in [1.165, 1.54) is 19.4 Å². The van der Waals surface area contributed by atoms with Crippen LogP contribution in [0, 0.1) is 0 Å². The molecular formula is C15H20ClN6NaO8S3. The van der Waals surface area contributed by atoms with Gasteiger partial charge in [-0.05, 0) is 0 Å². The fourth-order valence-electron chi connectivity index (χ4n) is 2.48. The summed E-state index contributed by atoms with van der Waals surface area (Å²) in [6.45, 7) is 1.46. The van der Waals surface area contributed by atoms with Crippen LogP contribution in [0.25, 0.3) is 0 Å². The molecule has 19 heteroatoms. The van der Waals surface area contributed by atoms with Crippen molar-refractivity contribution >= 4 is 79.5 Å². The van der Waals surface area contributed by atoms with Crippen LogP contribution in [0.3, 0.4) is 0 Å². The number of halogens is 1. The van der Waals surface area contributed by atoms with Crippen LogP contribution >= 0.6 is 34.7 Å². The Morgan fingerprint density at radius 2 is 2.12 bits per heavy atom. The number of anilines is 1. The Bertz CT molecular complexity index is 1070. The molecule has 34 heavy (non-hydrogen) atoms. The summed E-state index contributed by atoms with van der Waals surface area (Å²) in [4.78, 5) is 56.2. The molecule has 0 aliphatic carbocycles. The van der Waals surface area contributed by atoms with Crippen molar-refractivity contribution in [2.24, 2.45) is 5.16 Å². The third-order valence-electron chi connectivity index (χ3n) is 3.81. The van der Waals surface area contributed by atoms with E-state index < -0.39 is 39.4 Å². The van der Waals surface area contributed by atoms with Gasteiger partial charge in [0.1, 0.15) is 30.1 Å². The van der Waals surface area contributed by atoms with Crippen LogP contribution in [0.4, 0.5) is 5.13 Å². The molecule has 4 amide bonds. The van der Waals surface area contributed by atoms with Gasteiger partial charge in [0, 0.05) is 24.6 Å². The molecule has 184 valence electrons. The summed E-state index contributed by atoms with van der Waals surface area (Å²) in [6.07, 6.45) is 0. The number of thiazole rings is 1. The Kier molecular flexibility index (Phi) is 12.2. The standard InChI is InChI=1S/C15H19ClN6O8S3.Na.H/c1-7(23)17-3-4-31-14-11(13(26)22(14)33(27,28)29)20-12(25)10(21-30-2)8-6-32-15(18-8)19-9(24)5-16;;/h6,11,14H,3-5H2,1-2H3,(H,17,23)(H,20,25)(H,18,19,24)(H,27,28,29);;/q;+1;-1/t11-,14+;;/m1../s1. The predicted molar refractivity (Wildman–Crippen MR) is 121 cm³/mol. The van der Waals surface area contributed by atoms with Crippen LogP contribution in [0.15, 0.2) is 10.5 Å². The first-order valence-corrected chi connectivity index (χ1v) is 12.8. The molecule has 0 radical (unpaired) electrons. The second-order valence-corrected chi connectivity index (χ2v) is 9.79. The van der Waals surface area contributed by atoms with Gasteiger partial charge in [0.15, 0.2) is 10.8 Å². The van der Waals surface area contributed by atoms with Crippen molar-refractivity contribution in [1.82, 2.24) is 19.9 Å². The molecule has 1 aromatic heterocycles.